The number of carbonyl (C=O) groups is 3. The third-order valence-electron chi connectivity index (χ3n) is 5.86. The summed E-state index contributed by atoms with van der Waals surface area (Å²) in [6.07, 6.45) is 3.28. The SMILES string of the molecule is COC(=O)c1c(C)c(C(=O)C(C)N(Cc2ccncc2)C(=O)c2ccc(Cl)cc2)c(C)n1C. The number of Topliss-reactive ketones (excluding diaryl/α,β-unsaturated/α-hetero) is 1. The molecule has 7 nitrogen and oxygen atoms in total. The maximum atomic E-state index is 13.7. The summed E-state index contributed by atoms with van der Waals surface area (Å²) in [7, 11) is 3.01. The molecule has 0 aliphatic carbocycles. The molecular formula is C25H26ClN3O4. The van der Waals surface area contributed by atoms with E-state index >= 15 is 0 Å². The van der Waals surface area contributed by atoms with E-state index in [4.69, 9.17) is 16.3 Å². The molecule has 2 aromatic heterocycles. The number of ether oxygens (including phenoxy) is 1. The molecule has 0 N–H and O–H groups in total. The minimum Gasteiger partial charge on any atom is -0.464 e. The van der Waals surface area contributed by atoms with Crippen molar-refractivity contribution in [3.8, 4) is 0 Å². The molecule has 33 heavy (non-hydrogen) atoms. The summed E-state index contributed by atoms with van der Waals surface area (Å²) < 4.78 is 6.53. The molecule has 2 heterocycles. The molecule has 0 radical (unpaired) electrons. The zero-order valence-corrected chi connectivity index (χ0v) is 20.0. The van der Waals surface area contributed by atoms with Crippen LogP contribution in [0.1, 0.15) is 54.9 Å². The number of esters is 1. The van der Waals surface area contributed by atoms with Gasteiger partial charge < -0.3 is 14.2 Å². The van der Waals surface area contributed by atoms with Gasteiger partial charge in [-0.25, -0.2) is 4.79 Å². The highest BCUT2D eigenvalue weighted by atomic mass is 35.5. The predicted octanol–water partition coefficient (Wildman–Crippen LogP) is 4.39. The Labute approximate surface area is 197 Å². The van der Waals surface area contributed by atoms with E-state index in [2.05, 4.69) is 4.98 Å². The topological polar surface area (TPSA) is 81.5 Å². The average molecular weight is 468 g/mol. The van der Waals surface area contributed by atoms with Crippen LogP contribution >= 0.6 is 11.6 Å². The van der Waals surface area contributed by atoms with Gasteiger partial charge in [0.2, 0.25) is 0 Å². The maximum Gasteiger partial charge on any atom is 0.354 e. The van der Waals surface area contributed by atoms with Crippen LogP contribution in [0.2, 0.25) is 5.02 Å². The lowest BCUT2D eigenvalue weighted by Crippen LogP contribution is -2.43. The number of ketones is 1. The number of benzene rings is 1. The van der Waals surface area contributed by atoms with Crippen molar-refractivity contribution >= 4 is 29.3 Å². The van der Waals surface area contributed by atoms with Gasteiger partial charge in [0.25, 0.3) is 5.91 Å². The van der Waals surface area contributed by atoms with Crippen molar-refractivity contribution in [1.82, 2.24) is 14.5 Å². The number of methoxy groups -OCH3 is 1. The number of hydrogen-bond donors (Lipinski definition) is 0. The van der Waals surface area contributed by atoms with Gasteiger partial charge in [-0.05, 0) is 68.3 Å². The second-order valence-corrected chi connectivity index (χ2v) is 8.26. The first kappa shape index (κ1) is 24.2. The van der Waals surface area contributed by atoms with Gasteiger partial charge in [-0.1, -0.05) is 11.6 Å². The largest absolute Gasteiger partial charge is 0.464 e. The quantitative estimate of drug-likeness (QED) is 0.380. The van der Waals surface area contributed by atoms with Gasteiger partial charge >= 0.3 is 5.97 Å². The van der Waals surface area contributed by atoms with Crippen LogP contribution in [0.25, 0.3) is 0 Å². The van der Waals surface area contributed by atoms with Crippen molar-refractivity contribution in [2.75, 3.05) is 7.11 Å². The highest BCUT2D eigenvalue weighted by molar-refractivity contribution is 6.30. The fraction of sp³-hybridized carbons (Fsp3) is 0.280. The molecule has 3 aromatic rings. The zero-order valence-electron chi connectivity index (χ0n) is 19.3. The molecule has 0 fully saturated rings. The van der Waals surface area contributed by atoms with Crippen molar-refractivity contribution in [3.63, 3.8) is 0 Å². The number of aromatic nitrogens is 2. The van der Waals surface area contributed by atoms with E-state index in [0.29, 0.717) is 33.1 Å². The standard InChI is InChI=1S/C25H26ClN3O4/c1-15-21(16(2)28(4)22(15)25(32)33-5)23(30)17(3)29(14-18-10-12-27-13-11-18)24(31)19-6-8-20(26)9-7-19/h6-13,17H,14H2,1-5H3. The number of halogens is 1. The Balaban J connectivity index is 2.03. The molecule has 8 heteroatoms. The lowest BCUT2D eigenvalue weighted by molar-refractivity contribution is 0.0587. The lowest BCUT2D eigenvalue weighted by atomic mass is 9.98. The van der Waals surface area contributed by atoms with Crippen molar-refractivity contribution in [2.45, 2.75) is 33.4 Å². The Kier molecular flexibility index (Phi) is 7.33. The third-order valence-corrected chi connectivity index (χ3v) is 6.11. The van der Waals surface area contributed by atoms with Crippen molar-refractivity contribution in [3.05, 3.63) is 87.5 Å². The number of nitrogens with zero attached hydrogens (tertiary/aromatic N) is 3. The van der Waals surface area contributed by atoms with Crippen LogP contribution in [-0.4, -0.2) is 45.3 Å². The minimum atomic E-state index is -0.799. The highest BCUT2D eigenvalue weighted by Crippen LogP contribution is 2.26. The summed E-state index contributed by atoms with van der Waals surface area (Å²) in [5.74, 6) is -1.08. The number of rotatable bonds is 7. The van der Waals surface area contributed by atoms with Gasteiger partial charge in [0, 0.05) is 47.8 Å². The Morgan fingerprint density at radius 2 is 1.70 bits per heavy atom. The van der Waals surface area contributed by atoms with Crippen LogP contribution in [0.15, 0.2) is 48.8 Å². The molecule has 0 bridgehead atoms. The number of carbonyl (C=O) groups excluding carboxylic acids is 3. The van der Waals surface area contributed by atoms with Crippen molar-refractivity contribution in [2.24, 2.45) is 7.05 Å². The van der Waals surface area contributed by atoms with Crippen LogP contribution < -0.4 is 0 Å². The molecule has 1 amide bonds. The summed E-state index contributed by atoms with van der Waals surface area (Å²) in [6, 6.07) is 9.35. The first-order chi connectivity index (χ1) is 15.7. The van der Waals surface area contributed by atoms with Gasteiger partial charge in [-0.2, -0.15) is 0 Å². The Morgan fingerprint density at radius 3 is 2.27 bits per heavy atom. The predicted molar refractivity (Wildman–Crippen MR) is 126 cm³/mol. The molecule has 3 rings (SSSR count). The fourth-order valence-corrected chi connectivity index (χ4v) is 4.03. The van der Waals surface area contributed by atoms with E-state index in [1.807, 2.05) is 0 Å². The molecule has 0 saturated heterocycles. The van der Waals surface area contributed by atoms with E-state index < -0.39 is 12.0 Å². The van der Waals surface area contributed by atoms with Crippen LogP contribution in [0.4, 0.5) is 0 Å². The summed E-state index contributed by atoms with van der Waals surface area (Å²) in [4.78, 5) is 45.0. The van der Waals surface area contributed by atoms with Crippen LogP contribution in [0.5, 0.6) is 0 Å². The van der Waals surface area contributed by atoms with Gasteiger partial charge in [0.1, 0.15) is 5.69 Å². The summed E-state index contributed by atoms with van der Waals surface area (Å²) in [5, 5.41) is 0.516. The van der Waals surface area contributed by atoms with E-state index in [1.54, 1.807) is 81.2 Å². The van der Waals surface area contributed by atoms with Crippen molar-refractivity contribution < 1.29 is 19.1 Å². The minimum absolute atomic E-state index is 0.214. The monoisotopic (exact) mass is 467 g/mol. The molecule has 0 aliphatic heterocycles. The second kappa shape index (κ2) is 10.0. The number of pyridine rings is 1. The first-order valence-electron chi connectivity index (χ1n) is 10.4. The fourth-order valence-electron chi connectivity index (χ4n) is 3.90. The molecule has 1 aromatic carbocycles. The number of amides is 1. The van der Waals surface area contributed by atoms with Gasteiger partial charge in [0.15, 0.2) is 5.78 Å². The first-order valence-corrected chi connectivity index (χ1v) is 10.8. The molecular weight excluding hydrogens is 442 g/mol. The van der Waals surface area contributed by atoms with Crippen LogP contribution in [0.3, 0.4) is 0 Å². The van der Waals surface area contributed by atoms with E-state index in [0.717, 1.165) is 5.56 Å². The normalized spacial score (nSPS) is 11.7. The molecule has 0 aliphatic rings. The van der Waals surface area contributed by atoms with Gasteiger partial charge in [-0.3, -0.25) is 14.6 Å². The van der Waals surface area contributed by atoms with E-state index in [-0.39, 0.29) is 18.2 Å². The Hall–Kier alpha value is -3.45. The maximum absolute atomic E-state index is 13.7. The van der Waals surface area contributed by atoms with E-state index in [9.17, 15) is 14.4 Å². The van der Waals surface area contributed by atoms with Crippen molar-refractivity contribution in [1.29, 1.82) is 0 Å². The number of hydrogen-bond acceptors (Lipinski definition) is 5. The highest BCUT2D eigenvalue weighted by Gasteiger charge is 2.33. The average Bonchev–Trinajstić information content (AvgIpc) is 3.04. The van der Waals surface area contributed by atoms with Crippen LogP contribution in [-0.2, 0) is 18.3 Å². The van der Waals surface area contributed by atoms with Crippen LogP contribution in [0, 0.1) is 13.8 Å². The summed E-state index contributed by atoms with van der Waals surface area (Å²) in [5.41, 5.74) is 3.15. The molecule has 0 saturated carbocycles. The zero-order chi connectivity index (χ0) is 24.3. The van der Waals surface area contributed by atoms with E-state index in [1.165, 1.54) is 12.0 Å². The molecule has 0 spiro atoms. The Bertz CT molecular complexity index is 1190. The third kappa shape index (κ3) is 4.83. The summed E-state index contributed by atoms with van der Waals surface area (Å²) in [6.45, 7) is 5.40. The molecule has 172 valence electrons. The summed E-state index contributed by atoms with van der Waals surface area (Å²) >= 11 is 5.98. The van der Waals surface area contributed by atoms with Gasteiger partial charge in [-0.15, -0.1) is 0 Å². The smallest absolute Gasteiger partial charge is 0.354 e. The molecule has 1 atom stereocenters. The van der Waals surface area contributed by atoms with Gasteiger partial charge in [0.05, 0.1) is 13.2 Å². The second-order valence-electron chi connectivity index (χ2n) is 7.82. The lowest BCUT2D eigenvalue weighted by Gasteiger charge is -2.29. The molecule has 1 unspecified atom stereocenters. The Morgan fingerprint density at radius 1 is 1.09 bits per heavy atom.